The molecule has 0 rings (SSSR count). The predicted molar refractivity (Wildman–Crippen MR) is 49.8 cm³/mol. The number of rotatable bonds is 2. The van der Waals surface area contributed by atoms with E-state index in [2.05, 4.69) is 0 Å². The van der Waals surface area contributed by atoms with Gasteiger partial charge in [0.05, 0.1) is 6.10 Å². The summed E-state index contributed by atoms with van der Waals surface area (Å²) in [6.07, 6.45) is 3.29. The zero-order chi connectivity index (χ0) is 9.78. The third kappa shape index (κ3) is 7.32. The van der Waals surface area contributed by atoms with E-state index in [1.807, 2.05) is 40.7 Å². The normalized spacial score (nSPS) is 12.5. The van der Waals surface area contributed by atoms with E-state index in [9.17, 15) is 4.79 Å². The second-order valence-corrected chi connectivity index (χ2v) is 4.19. The molecular formula is C10H18O2. The highest BCUT2D eigenvalue weighted by atomic mass is 16.5. The molecule has 0 spiro atoms. The van der Waals surface area contributed by atoms with Gasteiger partial charge in [-0.05, 0) is 19.3 Å². The molecule has 2 nitrogen and oxygen atoms in total. The van der Waals surface area contributed by atoms with Crippen LogP contribution in [0, 0.1) is 5.41 Å². The van der Waals surface area contributed by atoms with E-state index >= 15 is 0 Å². The maximum atomic E-state index is 11.0. The van der Waals surface area contributed by atoms with Gasteiger partial charge in [0.2, 0.25) is 0 Å². The molecule has 0 amide bonds. The first kappa shape index (κ1) is 11.2. The standard InChI is InChI=1S/C10H18O2/c1-8(2)12-9(11)6-7-10(3,4)5/h6-8H,1-5H3. The van der Waals surface area contributed by atoms with Crippen LogP contribution in [0.15, 0.2) is 12.2 Å². The molecule has 2 heteroatoms. The van der Waals surface area contributed by atoms with Gasteiger partial charge in [-0.1, -0.05) is 26.8 Å². The number of hydrogen-bond acceptors (Lipinski definition) is 2. The summed E-state index contributed by atoms with van der Waals surface area (Å²) < 4.78 is 4.92. The summed E-state index contributed by atoms with van der Waals surface area (Å²) in [6.45, 7) is 9.77. The van der Waals surface area contributed by atoms with Crippen molar-refractivity contribution in [1.82, 2.24) is 0 Å². The lowest BCUT2D eigenvalue weighted by Gasteiger charge is -2.11. The fourth-order valence-corrected chi connectivity index (χ4v) is 0.590. The Bertz CT molecular complexity index is 173. The summed E-state index contributed by atoms with van der Waals surface area (Å²) in [6, 6.07) is 0. The summed E-state index contributed by atoms with van der Waals surface area (Å²) in [5, 5.41) is 0. The number of carbonyl (C=O) groups excluding carboxylic acids is 1. The van der Waals surface area contributed by atoms with Gasteiger partial charge in [-0.15, -0.1) is 0 Å². The number of esters is 1. The van der Waals surface area contributed by atoms with Gasteiger partial charge in [-0.25, -0.2) is 4.79 Å². The maximum absolute atomic E-state index is 11.0. The van der Waals surface area contributed by atoms with Crippen LogP contribution in [0.4, 0.5) is 0 Å². The zero-order valence-corrected chi connectivity index (χ0v) is 8.55. The molecular weight excluding hydrogens is 152 g/mol. The summed E-state index contributed by atoms with van der Waals surface area (Å²) in [4.78, 5) is 11.0. The van der Waals surface area contributed by atoms with E-state index in [4.69, 9.17) is 4.74 Å². The van der Waals surface area contributed by atoms with Crippen LogP contribution >= 0.6 is 0 Å². The average molecular weight is 170 g/mol. The van der Waals surface area contributed by atoms with Gasteiger partial charge >= 0.3 is 5.97 Å². The second kappa shape index (κ2) is 4.29. The first-order chi connectivity index (χ1) is 5.31. The van der Waals surface area contributed by atoms with Crippen LogP contribution in [-0.2, 0) is 9.53 Å². The van der Waals surface area contributed by atoms with Gasteiger partial charge in [-0.2, -0.15) is 0 Å². The summed E-state index contributed by atoms with van der Waals surface area (Å²) >= 11 is 0. The van der Waals surface area contributed by atoms with Crippen molar-refractivity contribution < 1.29 is 9.53 Å². The van der Waals surface area contributed by atoms with Crippen LogP contribution in [0.5, 0.6) is 0 Å². The first-order valence-corrected chi connectivity index (χ1v) is 4.21. The minimum atomic E-state index is -0.264. The molecule has 0 heterocycles. The lowest BCUT2D eigenvalue weighted by atomic mass is 9.96. The molecule has 0 aromatic rings. The minimum absolute atomic E-state index is 0.0377. The van der Waals surface area contributed by atoms with Crippen LogP contribution in [0.2, 0.25) is 0 Å². The lowest BCUT2D eigenvalue weighted by molar-refractivity contribution is -0.141. The molecule has 0 saturated carbocycles. The monoisotopic (exact) mass is 170 g/mol. The first-order valence-electron chi connectivity index (χ1n) is 4.21. The molecule has 0 aromatic heterocycles. The van der Waals surface area contributed by atoms with E-state index in [1.165, 1.54) is 6.08 Å². The van der Waals surface area contributed by atoms with Crippen molar-refractivity contribution >= 4 is 5.97 Å². The van der Waals surface area contributed by atoms with Gasteiger partial charge in [0.15, 0.2) is 0 Å². The molecule has 0 aliphatic heterocycles. The summed E-state index contributed by atoms with van der Waals surface area (Å²) in [5.41, 5.74) is 0.0377. The molecule has 0 fully saturated rings. The molecule has 0 aromatic carbocycles. The van der Waals surface area contributed by atoms with Gasteiger partial charge in [0.25, 0.3) is 0 Å². The Kier molecular flexibility index (Phi) is 4.01. The van der Waals surface area contributed by atoms with E-state index in [0.29, 0.717) is 0 Å². The van der Waals surface area contributed by atoms with Crippen LogP contribution in [-0.4, -0.2) is 12.1 Å². The van der Waals surface area contributed by atoms with Gasteiger partial charge in [0.1, 0.15) is 0 Å². The molecule has 0 bridgehead atoms. The number of hydrogen-bond donors (Lipinski definition) is 0. The topological polar surface area (TPSA) is 26.3 Å². The van der Waals surface area contributed by atoms with E-state index in [0.717, 1.165) is 0 Å². The van der Waals surface area contributed by atoms with Crippen LogP contribution < -0.4 is 0 Å². The maximum Gasteiger partial charge on any atom is 0.330 e. The SMILES string of the molecule is CC(C)OC(=O)C=CC(C)(C)C. The van der Waals surface area contributed by atoms with Crippen molar-refractivity contribution in [3.8, 4) is 0 Å². The highest BCUT2D eigenvalue weighted by Crippen LogP contribution is 2.14. The molecule has 0 N–H and O–H groups in total. The quantitative estimate of drug-likeness (QED) is 0.470. The zero-order valence-electron chi connectivity index (χ0n) is 8.55. The third-order valence-corrected chi connectivity index (χ3v) is 1.07. The third-order valence-electron chi connectivity index (χ3n) is 1.07. The molecule has 0 unspecified atom stereocenters. The number of carbonyl (C=O) groups is 1. The summed E-state index contributed by atoms with van der Waals surface area (Å²) in [5.74, 6) is -0.264. The Morgan fingerprint density at radius 3 is 2.17 bits per heavy atom. The molecule has 0 radical (unpaired) electrons. The Hall–Kier alpha value is -0.790. The van der Waals surface area contributed by atoms with Crippen LogP contribution in [0.1, 0.15) is 34.6 Å². The Morgan fingerprint density at radius 2 is 1.83 bits per heavy atom. The van der Waals surface area contributed by atoms with Crippen LogP contribution in [0.3, 0.4) is 0 Å². The van der Waals surface area contributed by atoms with Crippen molar-refractivity contribution in [3.05, 3.63) is 12.2 Å². The smallest absolute Gasteiger partial charge is 0.330 e. The molecule has 0 atom stereocenters. The molecule has 12 heavy (non-hydrogen) atoms. The average Bonchev–Trinajstić information content (AvgIpc) is 1.80. The fraction of sp³-hybridized carbons (Fsp3) is 0.700. The largest absolute Gasteiger partial charge is 0.460 e. The predicted octanol–water partition coefficient (Wildman–Crippen LogP) is 2.54. The van der Waals surface area contributed by atoms with Crippen molar-refractivity contribution in [2.24, 2.45) is 5.41 Å². The minimum Gasteiger partial charge on any atom is -0.460 e. The fourth-order valence-electron chi connectivity index (χ4n) is 0.590. The molecule has 70 valence electrons. The molecule has 0 aliphatic rings. The molecule has 0 aliphatic carbocycles. The molecule has 0 saturated heterocycles. The Balaban J connectivity index is 3.93. The van der Waals surface area contributed by atoms with E-state index in [-0.39, 0.29) is 17.5 Å². The van der Waals surface area contributed by atoms with Crippen molar-refractivity contribution in [2.75, 3.05) is 0 Å². The number of allylic oxidation sites excluding steroid dienone is 1. The highest BCUT2D eigenvalue weighted by Gasteiger charge is 2.06. The van der Waals surface area contributed by atoms with E-state index < -0.39 is 0 Å². The highest BCUT2D eigenvalue weighted by molar-refractivity contribution is 5.82. The van der Waals surface area contributed by atoms with Crippen molar-refractivity contribution in [2.45, 2.75) is 40.7 Å². The number of ether oxygens (including phenoxy) is 1. The van der Waals surface area contributed by atoms with Gasteiger partial charge in [0, 0.05) is 6.08 Å². The second-order valence-electron chi connectivity index (χ2n) is 4.19. The lowest BCUT2D eigenvalue weighted by Crippen LogP contribution is -2.09. The summed E-state index contributed by atoms with van der Waals surface area (Å²) in [7, 11) is 0. The Labute approximate surface area is 74.6 Å². The van der Waals surface area contributed by atoms with Gasteiger partial charge < -0.3 is 4.74 Å². The van der Waals surface area contributed by atoms with Crippen LogP contribution in [0.25, 0.3) is 0 Å². The Morgan fingerprint density at radius 1 is 1.33 bits per heavy atom. The van der Waals surface area contributed by atoms with Gasteiger partial charge in [-0.3, -0.25) is 0 Å². The van der Waals surface area contributed by atoms with Crippen molar-refractivity contribution in [1.29, 1.82) is 0 Å². The van der Waals surface area contributed by atoms with E-state index in [1.54, 1.807) is 0 Å². The van der Waals surface area contributed by atoms with Crippen molar-refractivity contribution in [3.63, 3.8) is 0 Å².